The summed E-state index contributed by atoms with van der Waals surface area (Å²) >= 11 is 0. The largest absolute Gasteiger partial charge is 0.483 e. The minimum atomic E-state index is -0.338. The fourth-order valence-electron chi connectivity index (χ4n) is 3.63. The van der Waals surface area contributed by atoms with Gasteiger partial charge in [-0.25, -0.2) is 0 Å². The number of carbonyl (C=O) groups excluding carboxylic acids is 2. The number of rotatable bonds is 5. The van der Waals surface area contributed by atoms with Gasteiger partial charge in [-0.2, -0.15) is 0 Å². The third-order valence-corrected chi connectivity index (χ3v) is 5.00. The van der Waals surface area contributed by atoms with Crippen LogP contribution >= 0.6 is 0 Å². The fourth-order valence-corrected chi connectivity index (χ4v) is 3.63. The van der Waals surface area contributed by atoms with Crippen LogP contribution in [0.5, 0.6) is 5.75 Å². The van der Waals surface area contributed by atoms with Crippen molar-refractivity contribution in [2.75, 3.05) is 13.2 Å². The topological polar surface area (TPSA) is 92.9 Å². The molecule has 0 aromatic heterocycles. The lowest BCUT2D eigenvalue weighted by molar-refractivity contribution is 0.0601. The van der Waals surface area contributed by atoms with Gasteiger partial charge in [0.15, 0.2) is 0 Å². The Hall–Kier alpha value is -2.70. The smallest absolute Gasteiger partial charge is 0.261 e. The van der Waals surface area contributed by atoms with Crippen LogP contribution in [0.4, 0.5) is 0 Å². The second kappa shape index (κ2) is 6.23. The summed E-state index contributed by atoms with van der Waals surface area (Å²) in [5, 5.41) is 10.4. The van der Waals surface area contributed by atoms with Gasteiger partial charge in [-0.1, -0.05) is 18.2 Å². The Bertz CT molecular complexity index is 928. The number of ether oxygens (including phenoxy) is 1. The summed E-state index contributed by atoms with van der Waals surface area (Å²) in [7, 11) is 0. The lowest BCUT2D eigenvalue weighted by Crippen LogP contribution is -2.45. The van der Waals surface area contributed by atoms with Gasteiger partial charge in [0.2, 0.25) is 0 Å². The third kappa shape index (κ3) is 2.41. The first-order chi connectivity index (χ1) is 12.5. The molecule has 2 atom stereocenters. The van der Waals surface area contributed by atoms with E-state index in [1.54, 1.807) is 24.3 Å². The number of nitrogens with zero attached hydrogens (tertiary/aromatic N) is 1. The lowest BCUT2D eigenvalue weighted by Gasteiger charge is -2.33. The quantitative estimate of drug-likeness (QED) is 0.633. The zero-order chi connectivity index (χ0) is 18.4. The predicted octanol–water partition coefficient (Wildman–Crippen LogP) is 1.85. The highest BCUT2D eigenvalue weighted by Gasteiger charge is 2.34. The molecular formula is C20H20N2O4. The Morgan fingerprint density at radius 2 is 1.88 bits per heavy atom. The number of nitrogens with two attached hydrogens (primary N) is 1. The van der Waals surface area contributed by atoms with Gasteiger partial charge >= 0.3 is 0 Å². The Kier molecular flexibility index (Phi) is 4.01. The average molecular weight is 352 g/mol. The van der Waals surface area contributed by atoms with Crippen LogP contribution in [0.2, 0.25) is 0 Å². The molecule has 6 heteroatoms. The van der Waals surface area contributed by atoms with Crippen LogP contribution in [-0.4, -0.2) is 47.1 Å². The first-order valence-electron chi connectivity index (χ1n) is 8.66. The van der Waals surface area contributed by atoms with Crippen molar-refractivity contribution in [2.24, 2.45) is 5.73 Å². The molecule has 0 saturated carbocycles. The summed E-state index contributed by atoms with van der Waals surface area (Å²) in [6, 6.07) is 8.66. The summed E-state index contributed by atoms with van der Waals surface area (Å²) in [6.45, 7) is 2.09. The standard InChI is InChI=1S/C20H20N2O4/c1-11-10-15(21)18(11)26-16-7-6-14-17-12(16)4-2-5-13(17)19(24)22(20(14)25)8-3-9-23/h2,4-7,10,15,18,23H,3,8-9,21H2,1H3/t15?,18-/m0/s1. The van der Waals surface area contributed by atoms with E-state index < -0.39 is 0 Å². The van der Waals surface area contributed by atoms with Crippen LogP contribution in [0.3, 0.4) is 0 Å². The molecule has 3 N–H and O–H groups in total. The van der Waals surface area contributed by atoms with E-state index >= 15 is 0 Å². The zero-order valence-corrected chi connectivity index (χ0v) is 14.4. The van der Waals surface area contributed by atoms with Gasteiger partial charge in [-0.05, 0) is 37.1 Å². The number of aliphatic hydroxyl groups is 1. The highest BCUT2D eigenvalue weighted by molar-refractivity contribution is 6.26. The Morgan fingerprint density at radius 3 is 2.54 bits per heavy atom. The molecule has 0 saturated heterocycles. The van der Waals surface area contributed by atoms with Crippen molar-refractivity contribution in [3.05, 3.63) is 53.1 Å². The van der Waals surface area contributed by atoms with E-state index in [2.05, 4.69) is 0 Å². The van der Waals surface area contributed by atoms with E-state index in [1.807, 2.05) is 19.1 Å². The zero-order valence-electron chi connectivity index (χ0n) is 14.4. The Morgan fingerprint density at radius 1 is 1.15 bits per heavy atom. The Labute approximate surface area is 150 Å². The van der Waals surface area contributed by atoms with Gasteiger partial charge < -0.3 is 15.6 Å². The molecule has 26 heavy (non-hydrogen) atoms. The maximum absolute atomic E-state index is 12.8. The third-order valence-electron chi connectivity index (χ3n) is 5.00. The van der Waals surface area contributed by atoms with Crippen molar-refractivity contribution < 1.29 is 19.4 Å². The van der Waals surface area contributed by atoms with Crippen molar-refractivity contribution in [1.29, 1.82) is 0 Å². The number of amides is 2. The molecule has 2 amide bonds. The van der Waals surface area contributed by atoms with Gasteiger partial charge in [0.1, 0.15) is 11.9 Å². The monoisotopic (exact) mass is 352 g/mol. The lowest BCUT2D eigenvalue weighted by atomic mass is 9.90. The molecule has 0 bridgehead atoms. The molecular weight excluding hydrogens is 332 g/mol. The normalized spacial score (nSPS) is 21.7. The summed E-state index contributed by atoms with van der Waals surface area (Å²) in [5.74, 6) is -0.0619. The number of carbonyl (C=O) groups is 2. The molecule has 4 rings (SSSR count). The highest BCUT2D eigenvalue weighted by Crippen LogP contribution is 2.37. The van der Waals surface area contributed by atoms with E-state index in [0.29, 0.717) is 28.7 Å². The summed E-state index contributed by atoms with van der Waals surface area (Å²) in [4.78, 5) is 26.8. The van der Waals surface area contributed by atoms with Gasteiger partial charge in [0.25, 0.3) is 11.8 Å². The van der Waals surface area contributed by atoms with Gasteiger partial charge in [-0.15, -0.1) is 0 Å². The van der Waals surface area contributed by atoms with E-state index in [-0.39, 0.29) is 37.1 Å². The summed E-state index contributed by atoms with van der Waals surface area (Å²) < 4.78 is 6.07. The van der Waals surface area contributed by atoms with Crippen LogP contribution in [0, 0.1) is 0 Å². The minimum absolute atomic E-state index is 0.0740. The van der Waals surface area contributed by atoms with Gasteiger partial charge in [0.05, 0.1) is 6.04 Å². The van der Waals surface area contributed by atoms with Crippen molar-refractivity contribution in [3.8, 4) is 5.75 Å². The minimum Gasteiger partial charge on any atom is -0.483 e. The molecule has 134 valence electrons. The molecule has 0 spiro atoms. The van der Waals surface area contributed by atoms with E-state index in [4.69, 9.17) is 15.6 Å². The van der Waals surface area contributed by atoms with Crippen molar-refractivity contribution in [2.45, 2.75) is 25.5 Å². The number of hydrogen-bond donors (Lipinski definition) is 2. The van der Waals surface area contributed by atoms with Gasteiger partial charge in [-0.3, -0.25) is 14.5 Å². The van der Waals surface area contributed by atoms with Crippen LogP contribution in [0.1, 0.15) is 34.1 Å². The van der Waals surface area contributed by atoms with E-state index in [0.717, 1.165) is 11.0 Å². The van der Waals surface area contributed by atoms with Crippen LogP contribution in [0.15, 0.2) is 42.0 Å². The molecule has 6 nitrogen and oxygen atoms in total. The molecule has 0 fully saturated rings. The molecule has 2 aliphatic rings. The van der Waals surface area contributed by atoms with Crippen molar-refractivity contribution in [3.63, 3.8) is 0 Å². The van der Waals surface area contributed by atoms with E-state index in [9.17, 15) is 9.59 Å². The van der Waals surface area contributed by atoms with E-state index in [1.165, 1.54) is 4.90 Å². The average Bonchev–Trinajstić information content (AvgIpc) is 2.64. The maximum atomic E-state index is 12.8. The summed E-state index contributed by atoms with van der Waals surface area (Å²) in [5.41, 5.74) is 8.00. The van der Waals surface area contributed by atoms with Crippen LogP contribution in [-0.2, 0) is 0 Å². The van der Waals surface area contributed by atoms with Gasteiger partial charge in [0, 0.05) is 35.1 Å². The second-order valence-electron chi connectivity index (χ2n) is 6.70. The molecule has 2 aromatic carbocycles. The Balaban J connectivity index is 1.80. The molecule has 2 aromatic rings. The molecule has 0 radical (unpaired) electrons. The van der Waals surface area contributed by atoms with Crippen molar-refractivity contribution >= 4 is 22.6 Å². The number of benzene rings is 2. The maximum Gasteiger partial charge on any atom is 0.261 e. The highest BCUT2D eigenvalue weighted by atomic mass is 16.5. The number of hydrogen-bond acceptors (Lipinski definition) is 5. The molecule has 1 heterocycles. The van der Waals surface area contributed by atoms with Crippen LogP contribution < -0.4 is 10.5 Å². The van der Waals surface area contributed by atoms with Crippen LogP contribution in [0.25, 0.3) is 10.8 Å². The molecule has 1 aliphatic carbocycles. The number of imide groups is 1. The predicted molar refractivity (Wildman–Crippen MR) is 97.2 cm³/mol. The fraction of sp³-hybridized carbons (Fsp3) is 0.300. The molecule has 1 aliphatic heterocycles. The second-order valence-corrected chi connectivity index (χ2v) is 6.70. The number of aliphatic hydroxyl groups excluding tert-OH is 1. The summed E-state index contributed by atoms with van der Waals surface area (Å²) in [6.07, 6.45) is 2.11. The first-order valence-corrected chi connectivity index (χ1v) is 8.66. The first kappa shape index (κ1) is 16.8. The molecule has 1 unspecified atom stereocenters. The SMILES string of the molecule is CC1=CC(N)[C@H]1Oc1ccc2c3c(cccc13)C(=O)N(CCCO)C2=O. The van der Waals surface area contributed by atoms with Crippen molar-refractivity contribution in [1.82, 2.24) is 4.90 Å².